The Labute approximate surface area is 76.9 Å². The Hall–Kier alpha value is -0.480. The second-order valence-corrected chi connectivity index (χ2v) is 3.54. The van der Waals surface area contributed by atoms with Crippen LogP contribution >= 0.6 is 0 Å². The van der Waals surface area contributed by atoms with E-state index in [2.05, 4.69) is 32.0 Å². The second kappa shape index (κ2) is 7.18. The summed E-state index contributed by atoms with van der Waals surface area (Å²) in [6, 6.07) is 0.628. The van der Waals surface area contributed by atoms with Crippen molar-refractivity contribution in [3.05, 3.63) is 0 Å². The molecule has 0 aromatic rings. The van der Waals surface area contributed by atoms with Crippen LogP contribution in [0.25, 0.3) is 0 Å². The van der Waals surface area contributed by atoms with Gasteiger partial charge in [-0.3, -0.25) is 0 Å². The van der Waals surface area contributed by atoms with Crippen LogP contribution in [0.3, 0.4) is 0 Å². The molecule has 70 valence electrons. The van der Waals surface area contributed by atoms with Crippen LogP contribution in [0.4, 0.5) is 0 Å². The van der Waals surface area contributed by atoms with Crippen molar-refractivity contribution >= 4 is 0 Å². The second-order valence-electron chi connectivity index (χ2n) is 3.54. The first-order valence-electron chi connectivity index (χ1n) is 4.87. The molecule has 1 N–H and O–H groups in total. The number of terminal acetylenes is 1. The van der Waals surface area contributed by atoms with Gasteiger partial charge in [-0.05, 0) is 32.2 Å². The molecular weight excluding hydrogens is 146 g/mol. The molecule has 0 heterocycles. The molecule has 0 aliphatic heterocycles. The van der Waals surface area contributed by atoms with Crippen molar-refractivity contribution in [3.8, 4) is 12.3 Å². The van der Waals surface area contributed by atoms with Crippen molar-refractivity contribution in [2.24, 2.45) is 5.92 Å². The molecule has 0 amide bonds. The summed E-state index contributed by atoms with van der Waals surface area (Å²) in [5, 5.41) is 3.40. The van der Waals surface area contributed by atoms with Crippen molar-refractivity contribution < 1.29 is 0 Å². The van der Waals surface area contributed by atoms with Gasteiger partial charge in [0.25, 0.3) is 0 Å². The molecule has 2 unspecified atom stereocenters. The highest BCUT2D eigenvalue weighted by atomic mass is 14.9. The molecule has 0 bridgehead atoms. The molecular formula is C11H21N. The fourth-order valence-corrected chi connectivity index (χ4v) is 1.48. The van der Waals surface area contributed by atoms with E-state index in [0.717, 1.165) is 25.3 Å². The predicted molar refractivity (Wildman–Crippen MR) is 55.0 cm³/mol. The largest absolute Gasteiger partial charge is 0.315 e. The van der Waals surface area contributed by atoms with Crippen molar-refractivity contribution in [1.29, 1.82) is 0 Å². The van der Waals surface area contributed by atoms with Crippen molar-refractivity contribution in [1.82, 2.24) is 5.32 Å². The fourth-order valence-electron chi connectivity index (χ4n) is 1.48. The van der Waals surface area contributed by atoms with Crippen LogP contribution in [0.2, 0.25) is 0 Å². The molecule has 0 aliphatic carbocycles. The molecule has 0 fully saturated rings. The lowest BCUT2D eigenvalue weighted by Gasteiger charge is -2.16. The highest BCUT2D eigenvalue weighted by molar-refractivity contribution is 4.84. The SMILES string of the molecule is C#CCCC(C)CC(C)NCC. The van der Waals surface area contributed by atoms with Crippen LogP contribution in [0.5, 0.6) is 0 Å². The van der Waals surface area contributed by atoms with E-state index < -0.39 is 0 Å². The zero-order chi connectivity index (χ0) is 9.40. The summed E-state index contributed by atoms with van der Waals surface area (Å²) in [5.74, 6) is 3.43. The average molecular weight is 167 g/mol. The maximum Gasteiger partial charge on any atom is 0.00886 e. The van der Waals surface area contributed by atoms with Crippen molar-refractivity contribution in [2.45, 2.75) is 46.1 Å². The Morgan fingerprint density at radius 1 is 1.42 bits per heavy atom. The van der Waals surface area contributed by atoms with E-state index in [4.69, 9.17) is 6.42 Å². The van der Waals surface area contributed by atoms with Crippen LogP contribution in [-0.4, -0.2) is 12.6 Å². The molecule has 0 aromatic heterocycles. The number of hydrogen-bond acceptors (Lipinski definition) is 1. The molecule has 12 heavy (non-hydrogen) atoms. The molecule has 0 radical (unpaired) electrons. The van der Waals surface area contributed by atoms with E-state index in [-0.39, 0.29) is 0 Å². The molecule has 1 heteroatoms. The number of rotatable bonds is 6. The Morgan fingerprint density at radius 2 is 2.08 bits per heavy atom. The third kappa shape index (κ3) is 6.24. The first-order valence-corrected chi connectivity index (χ1v) is 4.87. The Balaban J connectivity index is 3.41. The van der Waals surface area contributed by atoms with Crippen molar-refractivity contribution in [3.63, 3.8) is 0 Å². The normalized spacial score (nSPS) is 15.2. The van der Waals surface area contributed by atoms with E-state index in [1.165, 1.54) is 6.42 Å². The van der Waals surface area contributed by atoms with Gasteiger partial charge in [0.05, 0.1) is 0 Å². The maximum absolute atomic E-state index is 5.20. The fraction of sp³-hybridized carbons (Fsp3) is 0.818. The summed E-state index contributed by atoms with van der Waals surface area (Å²) in [6.45, 7) is 7.70. The lowest BCUT2D eigenvalue weighted by atomic mass is 9.98. The van der Waals surface area contributed by atoms with Gasteiger partial charge in [-0.15, -0.1) is 12.3 Å². The van der Waals surface area contributed by atoms with Gasteiger partial charge in [0.1, 0.15) is 0 Å². The maximum atomic E-state index is 5.20. The molecule has 1 nitrogen and oxygen atoms in total. The van der Waals surface area contributed by atoms with Gasteiger partial charge < -0.3 is 5.32 Å². The van der Waals surface area contributed by atoms with Gasteiger partial charge in [-0.1, -0.05) is 13.8 Å². The summed E-state index contributed by atoms with van der Waals surface area (Å²) in [6.07, 6.45) is 8.51. The summed E-state index contributed by atoms with van der Waals surface area (Å²) < 4.78 is 0. The van der Waals surface area contributed by atoms with Gasteiger partial charge in [0, 0.05) is 12.5 Å². The lowest BCUT2D eigenvalue weighted by molar-refractivity contribution is 0.412. The van der Waals surface area contributed by atoms with E-state index in [0.29, 0.717) is 6.04 Å². The Morgan fingerprint density at radius 3 is 2.58 bits per heavy atom. The standard InChI is InChI=1S/C11H21N/c1-5-7-8-10(3)9-11(4)12-6-2/h1,10-12H,6-9H2,2-4H3. The van der Waals surface area contributed by atoms with E-state index >= 15 is 0 Å². The summed E-state index contributed by atoms with van der Waals surface area (Å²) in [4.78, 5) is 0. The first kappa shape index (κ1) is 11.5. The monoisotopic (exact) mass is 167 g/mol. The van der Waals surface area contributed by atoms with Gasteiger partial charge in [-0.2, -0.15) is 0 Å². The van der Waals surface area contributed by atoms with Gasteiger partial charge in [-0.25, -0.2) is 0 Å². The van der Waals surface area contributed by atoms with Gasteiger partial charge in [0.15, 0.2) is 0 Å². The molecule has 0 aromatic carbocycles. The molecule has 2 atom stereocenters. The zero-order valence-corrected chi connectivity index (χ0v) is 8.56. The minimum atomic E-state index is 0.628. The molecule has 0 spiro atoms. The summed E-state index contributed by atoms with van der Waals surface area (Å²) >= 11 is 0. The summed E-state index contributed by atoms with van der Waals surface area (Å²) in [5.41, 5.74) is 0. The Kier molecular flexibility index (Phi) is 6.90. The van der Waals surface area contributed by atoms with Crippen LogP contribution in [0, 0.1) is 18.3 Å². The van der Waals surface area contributed by atoms with E-state index in [1.807, 2.05) is 0 Å². The van der Waals surface area contributed by atoms with E-state index in [1.54, 1.807) is 0 Å². The third-order valence-corrected chi connectivity index (χ3v) is 2.09. The molecule has 0 saturated heterocycles. The predicted octanol–water partition coefficient (Wildman–Crippen LogP) is 2.42. The highest BCUT2D eigenvalue weighted by Crippen LogP contribution is 2.11. The number of nitrogens with one attached hydrogen (secondary N) is 1. The topological polar surface area (TPSA) is 12.0 Å². The van der Waals surface area contributed by atoms with Crippen molar-refractivity contribution in [2.75, 3.05) is 6.54 Å². The zero-order valence-electron chi connectivity index (χ0n) is 8.56. The van der Waals surface area contributed by atoms with Crippen LogP contribution in [-0.2, 0) is 0 Å². The molecule has 0 aliphatic rings. The minimum absolute atomic E-state index is 0.628. The van der Waals surface area contributed by atoms with Gasteiger partial charge >= 0.3 is 0 Å². The minimum Gasteiger partial charge on any atom is -0.315 e. The quantitative estimate of drug-likeness (QED) is 0.599. The van der Waals surface area contributed by atoms with Crippen LogP contribution in [0.1, 0.15) is 40.0 Å². The van der Waals surface area contributed by atoms with E-state index in [9.17, 15) is 0 Å². The van der Waals surface area contributed by atoms with Crippen LogP contribution in [0.15, 0.2) is 0 Å². The third-order valence-electron chi connectivity index (χ3n) is 2.09. The van der Waals surface area contributed by atoms with Crippen LogP contribution < -0.4 is 5.32 Å². The Bertz CT molecular complexity index is 134. The smallest absolute Gasteiger partial charge is 0.00886 e. The highest BCUT2D eigenvalue weighted by Gasteiger charge is 2.06. The summed E-state index contributed by atoms with van der Waals surface area (Å²) in [7, 11) is 0. The van der Waals surface area contributed by atoms with Gasteiger partial charge in [0.2, 0.25) is 0 Å². The lowest BCUT2D eigenvalue weighted by Crippen LogP contribution is -2.27. The average Bonchev–Trinajstić information content (AvgIpc) is 2.01. The number of hydrogen-bond donors (Lipinski definition) is 1. The molecule has 0 saturated carbocycles. The molecule has 0 rings (SSSR count). The first-order chi connectivity index (χ1) is 5.70.